The van der Waals surface area contributed by atoms with Gasteiger partial charge in [-0.1, -0.05) is 11.6 Å². The van der Waals surface area contributed by atoms with E-state index in [-0.39, 0.29) is 24.0 Å². The van der Waals surface area contributed by atoms with Crippen LogP contribution in [-0.2, 0) is 4.79 Å². The van der Waals surface area contributed by atoms with E-state index < -0.39 is 0 Å². The molecule has 0 saturated carbocycles. The van der Waals surface area contributed by atoms with Gasteiger partial charge < -0.3 is 15.1 Å². The summed E-state index contributed by atoms with van der Waals surface area (Å²) in [6.07, 6.45) is 3.89. The van der Waals surface area contributed by atoms with Crippen molar-refractivity contribution in [2.75, 3.05) is 11.9 Å². The number of furan rings is 1. The number of halogens is 1. The van der Waals surface area contributed by atoms with Crippen LogP contribution in [0.1, 0.15) is 23.4 Å². The minimum absolute atomic E-state index is 0.139. The number of anilines is 1. The van der Waals surface area contributed by atoms with E-state index in [9.17, 15) is 9.59 Å². The second-order valence-corrected chi connectivity index (χ2v) is 5.79. The van der Waals surface area contributed by atoms with E-state index in [2.05, 4.69) is 15.6 Å². The van der Waals surface area contributed by atoms with E-state index in [0.717, 1.165) is 5.39 Å². The Morgan fingerprint density at radius 2 is 2.04 bits per heavy atom. The summed E-state index contributed by atoms with van der Waals surface area (Å²) in [6.45, 7) is 0.385. The zero-order chi connectivity index (χ0) is 17.6. The van der Waals surface area contributed by atoms with Gasteiger partial charge in [-0.25, -0.2) is 0 Å². The minimum Gasteiger partial charge on any atom is -0.459 e. The molecule has 0 unspecified atom stereocenters. The predicted molar refractivity (Wildman–Crippen MR) is 95.7 cm³/mol. The summed E-state index contributed by atoms with van der Waals surface area (Å²) < 4.78 is 4.99. The molecule has 3 rings (SSSR count). The van der Waals surface area contributed by atoms with Gasteiger partial charge in [-0.3, -0.25) is 14.6 Å². The largest absolute Gasteiger partial charge is 0.459 e. The molecule has 0 bridgehead atoms. The maximum absolute atomic E-state index is 12.1. The number of aromatic nitrogens is 1. The van der Waals surface area contributed by atoms with Crippen LogP contribution in [0.4, 0.5) is 5.69 Å². The van der Waals surface area contributed by atoms with Crippen molar-refractivity contribution in [3.05, 3.63) is 59.6 Å². The fourth-order valence-corrected chi connectivity index (χ4v) is 2.62. The lowest BCUT2D eigenvalue weighted by Crippen LogP contribution is -2.25. The first-order valence-electron chi connectivity index (χ1n) is 7.80. The fraction of sp³-hybridized carbons (Fsp3) is 0.167. The third kappa shape index (κ3) is 4.16. The smallest absolute Gasteiger partial charge is 0.286 e. The van der Waals surface area contributed by atoms with Crippen molar-refractivity contribution in [3.63, 3.8) is 0 Å². The molecule has 2 aromatic heterocycles. The number of pyridine rings is 1. The molecule has 128 valence electrons. The summed E-state index contributed by atoms with van der Waals surface area (Å²) in [7, 11) is 0. The number of fused-ring (bicyclic) bond motifs is 1. The highest BCUT2D eigenvalue weighted by atomic mass is 35.5. The first-order chi connectivity index (χ1) is 12.1. The third-order valence-electron chi connectivity index (χ3n) is 3.61. The second-order valence-electron chi connectivity index (χ2n) is 5.38. The van der Waals surface area contributed by atoms with E-state index in [0.29, 0.717) is 29.2 Å². The topological polar surface area (TPSA) is 84.2 Å². The van der Waals surface area contributed by atoms with Crippen LogP contribution in [0, 0.1) is 0 Å². The normalized spacial score (nSPS) is 10.6. The summed E-state index contributed by atoms with van der Waals surface area (Å²) >= 11 is 6.12. The highest BCUT2D eigenvalue weighted by molar-refractivity contribution is 6.35. The molecule has 1 aromatic carbocycles. The Hall–Kier alpha value is -2.86. The number of carbonyl (C=O) groups is 2. The number of amides is 2. The molecule has 7 heteroatoms. The number of nitrogens with one attached hydrogen (secondary N) is 2. The van der Waals surface area contributed by atoms with Crippen LogP contribution in [-0.4, -0.2) is 23.3 Å². The van der Waals surface area contributed by atoms with Crippen molar-refractivity contribution in [1.29, 1.82) is 0 Å². The van der Waals surface area contributed by atoms with Crippen LogP contribution in [0.25, 0.3) is 10.9 Å². The SMILES string of the molecule is O=C(CCCNC(=O)c1ccco1)Nc1ccc(Cl)c2ncccc12. The molecule has 0 aliphatic heterocycles. The molecule has 0 spiro atoms. The highest BCUT2D eigenvalue weighted by Crippen LogP contribution is 2.28. The second kappa shape index (κ2) is 7.81. The summed E-state index contributed by atoms with van der Waals surface area (Å²) in [5.41, 5.74) is 1.31. The van der Waals surface area contributed by atoms with Crippen LogP contribution in [0.5, 0.6) is 0 Å². The van der Waals surface area contributed by atoms with Crippen molar-refractivity contribution < 1.29 is 14.0 Å². The van der Waals surface area contributed by atoms with Gasteiger partial charge in [-0.05, 0) is 42.8 Å². The fourth-order valence-electron chi connectivity index (χ4n) is 2.41. The van der Waals surface area contributed by atoms with Crippen LogP contribution in [0.2, 0.25) is 5.02 Å². The molecule has 6 nitrogen and oxygen atoms in total. The lowest BCUT2D eigenvalue weighted by atomic mass is 10.1. The Morgan fingerprint density at radius 1 is 1.16 bits per heavy atom. The van der Waals surface area contributed by atoms with Gasteiger partial charge in [0.25, 0.3) is 5.91 Å². The lowest BCUT2D eigenvalue weighted by molar-refractivity contribution is -0.116. The number of hydrogen-bond donors (Lipinski definition) is 2. The molecule has 0 atom stereocenters. The van der Waals surface area contributed by atoms with Gasteiger partial charge >= 0.3 is 0 Å². The van der Waals surface area contributed by atoms with Gasteiger partial charge in [0, 0.05) is 24.5 Å². The number of nitrogens with zero attached hydrogens (tertiary/aromatic N) is 1. The van der Waals surface area contributed by atoms with E-state index in [1.54, 1.807) is 36.5 Å². The molecular formula is C18H16ClN3O3. The summed E-state index contributed by atoms with van der Waals surface area (Å²) in [4.78, 5) is 28.0. The number of rotatable bonds is 6. The molecule has 0 fully saturated rings. The standard InChI is InChI=1S/C18H16ClN3O3/c19-13-7-8-14(12-4-1-9-20-17(12)13)22-16(23)6-2-10-21-18(24)15-5-3-11-25-15/h1,3-5,7-9,11H,2,6,10H2,(H,21,24)(H,22,23). The highest BCUT2D eigenvalue weighted by Gasteiger charge is 2.10. The average molecular weight is 358 g/mol. The molecule has 2 N–H and O–H groups in total. The van der Waals surface area contributed by atoms with E-state index in [4.69, 9.17) is 16.0 Å². The number of hydrogen-bond acceptors (Lipinski definition) is 4. The molecule has 0 aliphatic carbocycles. The summed E-state index contributed by atoms with van der Waals surface area (Å²) in [5, 5.41) is 6.88. The van der Waals surface area contributed by atoms with Crippen LogP contribution in [0.15, 0.2) is 53.3 Å². The Balaban J connectivity index is 1.52. The Morgan fingerprint density at radius 3 is 2.84 bits per heavy atom. The van der Waals surface area contributed by atoms with Gasteiger partial charge in [0.1, 0.15) is 0 Å². The van der Waals surface area contributed by atoms with Crippen LogP contribution in [0.3, 0.4) is 0 Å². The quantitative estimate of drug-likeness (QED) is 0.660. The summed E-state index contributed by atoms with van der Waals surface area (Å²) in [5.74, 6) is -0.176. The minimum atomic E-state index is -0.292. The Labute approximate surface area is 149 Å². The van der Waals surface area contributed by atoms with E-state index in [1.165, 1.54) is 6.26 Å². The van der Waals surface area contributed by atoms with Crippen LogP contribution < -0.4 is 10.6 Å². The average Bonchev–Trinajstić information content (AvgIpc) is 3.16. The van der Waals surface area contributed by atoms with E-state index >= 15 is 0 Å². The zero-order valence-electron chi connectivity index (χ0n) is 13.3. The molecule has 3 aromatic rings. The lowest BCUT2D eigenvalue weighted by Gasteiger charge is -2.09. The number of carbonyl (C=O) groups excluding carboxylic acids is 2. The maximum Gasteiger partial charge on any atom is 0.286 e. The third-order valence-corrected chi connectivity index (χ3v) is 3.91. The van der Waals surface area contributed by atoms with Gasteiger partial charge in [-0.15, -0.1) is 0 Å². The van der Waals surface area contributed by atoms with Gasteiger partial charge in [0.05, 0.1) is 22.5 Å². The monoisotopic (exact) mass is 357 g/mol. The molecule has 2 amide bonds. The van der Waals surface area contributed by atoms with Gasteiger partial charge in [0.2, 0.25) is 5.91 Å². The molecule has 2 heterocycles. The predicted octanol–water partition coefficient (Wildman–Crippen LogP) is 3.63. The van der Waals surface area contributed by atoms with Crippen LogP contribution >= 0.6 is 11.6 Å². The van der Waals surface area contributed by atoms with E-state index in [1.807, 2.05) is 6.07 Å². The molecule has 0 saturated heterocycles. The maximum atomic E-state index is 12.1. The van der Waals surface area contributed by atoms with Crippen molar-refractivity contribution in [1.82, 2.24) is 10.3 Å². The van der Waals surface area contributed by atoms with Crippen molar-refractivity contribution in [2.45, 2.75) is 12.8 Å². The molecule has 0 aliphatic rings. The number of benzene rings is 1. The molecule has 25 heavy (non-hydrogen) atoms. The Bertz CT molecular complexity index is 894. The zero-order valence-corrected chi connectivity index (χ0v) is 14.0. The van der Waals surface area contributed by atoms with Crippen molar-refractivity contribution in [3.8, 4) is 0 Å². The molecular weight excluding hydrogens is 342 g/mol. The van der Waals surface area contributed by atoms with Crippen molar-refractivity contribution in [2.24, 2.45) is 0 Å². The Kier molecular flexibility index (Phi) is 5.30. The first-order valence-corrected chi connectivity index (χ1v) is 8.18. The molecule has 0 radical (unpaired) electrons. The van der Waals surface area contributed by atoms with Gasteiger partial charge in [-0.2, -0.15) is 0 Å². The summed E-state index contributed by atoms with van der Waals surface area (Å²) in [6, 6.07) is 10.3. The first kappa shape index (κ1) is 17.0. The van der Waals surface area contributed by atoms with Gasteiger partial charge in [0.15, 0.2) is 5.76 Å². The van der Waals surface area contributed by atoms with Crippen molar-refractivity contribution >= 4 is 40.0 Å².